The summed E-state index contributed by atoms with van der Waals surface area (Å²) in [4.78, 5) is 17.8. The molecular weight excluding hydrogens is 441 g/mol. The summed E-state index contributed by atoms with van der Waals surface area (Å²) < 4.78 is 0. The Labute approximate surface area is 195 Å². The van der Waals surface area contributed by atoms with Crippen molar-refractivity contribution < 1.29 is 4.79 Å². The van der Waals surface area contributed by atoms with E-state index in [-0.39, 0.29) is 30.7 Å². The van der Waals surface area contributed by atoms with Crippen molar-refractivity contribution in [2.45, 2.75) is 6.92 Å². The number of anilines is 2. The predicted molar refractivity (Wildman–Crippen MR) is 132 cm³/mol. The summed E-state index contributed by atoms with van der Waals surface area (Å²) in [5.41, 5.74) is 2.34. The molecule has 0 bridgehead atoms. The highest BCUT2D eigenvalue weighted by Gasteiger charge is 2.22. The highest BCUT2D eigenvalue weighted by atomic mass is 35.5. The molecule has 0 atom stereocenters. The molecule has 1 fully saturated rings. The highest BCUT2D eigenvalue weighted by Crippen LogP contribution is 2.35. The van der Waals surface area contributed by atoms with Crippen LogP contribution in [-0.2, 0) is 0 Å². The van der Waals surface area contributed by atoms with Crippen LogP contribution in [0.4, 0.5) is 11.4 Å². The number of hydrogen-bond acceptors (Lipinski definition) is 3. The number of carbonyl (C=O) groups is 1. The lowest BCUT2D eigenvalue weighted by molar-refractivity contribution is 0.102. The van der Waals surface area contributed by atoms with Crippen molar-refractivity contribution >= 4 is 64.5 Å². The molecule has 0 aliphatic carbocycles. The van der Waals surface area contributed by atoms with Gasteiger partial charge in [-0.3, -0.25) is 4.79 Å². The third-order valence-corrected chi connectivity index (χ3v) is 5.71. The van der Waals surface area contributed by atoms with Gasteiger partial charge in [-0.2, -0.15) is 0 Å². The molecule has 1 amide bonds. The minimum absolute atomic E-state index is 0. The second kappa shape index (κ2) is 10.9. The minimum Gasteiger partial charge on any atom is -0.366 e. The number of halogens is 3. The van der Waals surface area contributed by atoms with Gasteiger partial charge in [0.1, 0.15) is 0 Å². The smallest absolute Gasteiger partial charge is 0.256 e. The molecule has 160 valence electrons. The topological polar surface area (TPSA) is 35.6 Å². The number of benzene rings is 3. The first-order chi connectivity index (χ1) is 13.7. The van der Waals surface area contributed by atoms with Crippen LogP contribution in [0.15, 0.2) is 60.7 Å². The number of rotatable bonds is 4. The molecule has 1 aliphatic heterocycles. The van der Waals surface area contributed by atoms with Crippen LogP contribution < -0.4 is 10.2 Å². The second-order valence-corrected chi connectivity index (χ2v) is 7.45. The third kappa shape index (κ3) is 5.01. The van der Waals surface area contributed by atoms with E-state index in [1.807, 2.05) is 60.7 Å². The molecule has 30 heavy (non-hydrogen) atoms. The quantitative estimate of drug-likeness (QED) is 0.533. The van der Waals surface area contributed by atoms with Crippen molar-refractivity contribution in [2.75, 3.05) is 42.9 Å². The maximum atomic E-state index is 13.1. The van der Waals surface area contributed by atoms with E-state index >= 15 is 0 Å². The number of nitrogens with one attached hydrogen (secondary N) is 1. The number of likely N-dealkylation sites (N-methyl/N-ethyl adjacent to an activating group) is 1. The molecule has 1 saturated heterocycles. The molecule has 0 saturated carbocycles. The van der Waals surface area contributed by atoms with Gasteiger partial charge in [0.2, 0.25) is 0 Å². The van der Waals surface area contributed by atoms with Crippen LogP contribution in [-0.4, -0.2) is 43.5 Å². The average Bonchev–Trinajstić information content (AvgIpc) is 2.73. The highest BCUT2D eigenvalue weighted by molar-refractivity contribution is 6.34. The predicted octanol–water partition coefficient (Wildman–Crippen LogP) is 5.73. The number of para-hydroxylation sites is 1. The van der Waals surface area contributed by atoms with Crippen LogP contribution in [0.1, 0.15) is 17.3 Å². The maximum Gasteiger partial charge on any atom is 0.256 e. The van der Waals surface area contributed by atoms with E-state index in [1.54, 1.807) is 0 Å². The largest absolute Gasteiger partial charge is 0.366 e. The minimum atomic E-state index is -0.118. The monoisotopic (exact) mass is 465 g/mol. The normalized spacial score (nSPS) is 14.0. The SMILES string of the molecule is CCN1CCN(c2c(Cl)cccc2NC(=O)c2cccc3ccccc23)CC1.Cl.Cl. The van der Waals surface area contributed by atoms with Gasteiger partial charge in [-0.1, -0.05) is 61.0 Å². The van der Waals surface area contributed by atoms with Crippen molar-refractivity contribution in [2.24, 2.45) is 0 Å². The van der Waals surface area contributed by atoms with Crippen molar-refractivity contribution in [3.63, 3.8) is 0 Å². The number of nitrogens with zero attached hydrogens (tertiary/aromatic N) is 2. The van der Waals surface area contributed by atoms with Gasteiger partial charge in [-0.05, 0) is 35.5 Å². The van der Waals surface area contributed by atoms with E-state index in [9.17, 15) is 4.79 Å². The van der Waals surface area contributed by atoms with E-state index < -0.39 is 0 Å². The molecular formula is C23H26Cl3N3O. The van der Waals surface area contributed by atoms with Crippen molar-refractivity contribution in [3.8, 4) is 0 Å². The van der Waals surface area contributed by atoms with Gasteiger partial charge < -0.3 is 15.1 Å². The van der Waals surface area contributed by atoms with Crippen LogP contribution in [0.25, 0.3) is 10.8 Å². The van der Waals surface area contributed by atoms with Gasteiger partial charge in [0, 0.05) is 31.7 Å². The van der Waals surface area contributed by atoms with E-state index in [1.165, 1.54) is 0 Å². The summed E-state index contributed by atoms with van der Waals surface area (Å²) in [6.07, 6.45) is 0. The molecule has 4 nitrogen and oxygen atoms in total. The summed E-state index contributed by atoms with van der Waals surface area (Å²) in [7, 11) is 0. The Morgan fingerprint density at radius 2 is 1.60 bits per heavy atom. The van der Waals surface area contributed by atoms with Gasteiger partial charge in [-0.25, -0.2) is 0 Å². The lowest BCUT2D eigenvalue weighted by Crippen LogP contribution is -2.46. The Morgan fingerprint density at radius 3 is 2.33 bits per heavy atom. The standard InChI is InChI=1S/C23H24ClN3O.2ClH/c1-2-26-13-15-27(16-14-26)22-20(24)11-6-12-21(22)25-23(28)19-10-5-8-17-7-3-4-9-18(17)19;;/h3-12H,2,13-16H2,1H3,(H,25,28);2*1H. The maximum absolute atomic E-state index is 13.1. The van der Waals surface area contributed by atoms with Crippen molar-refractivity contribution in [1.29, 1.82) is 0 Å². The molecule has 0 aromatic heterocycles. The molecule has 0 unspecified atom stereocenters. The summed E-state index contributed by atoms with van der Waals surface area (Å²) >= 11 is 6.55. The Hall–Kier alpha value is -1.98. The van der Waals surface area contributed by atoms with Crippen LogP contribution in [0.5, 0.6) is 0 Å². The Bertz CT molecular complexity index is 999. The van der Waals surface area contributed by atoms with E-state index in [2.05, 4.69) is 22.0 Å². The zero-order valence-electron chi connectivity index (χ0n) is 16.8. The van der Waals surface area contributed by atoms with Gasteiger partial charge in [0.15, 0.2) is 0 Å². The van der Waals surface area contributed by atoms with Gasteiger partial charge in [-0.15, -0.1) is 24.8 Å². The fraction of sp³-hybridized carbons (Fsp3) is 0.261. The van der Waals surface area contributed by atoms with Crippen LogP contribution in [0.3, 0.4) is 0 Å². The van der Waals surface area contributed by atoms with Crippen molar-refractivity contribution in [1.82, 2.24) is 4.90 Å². The first-order valence-corrected chi connectivity index (χ1v) is 10.1. The number of hydrogen-bond donors (Lipinski definition) is 1. The first kappa shape index (κ1) is 24.3. The summed E-state index contributed by atoms with van der Waals surface area (Å²) in [6.45, 7) is 7.03. The Morgan fingerprint density at radius 1 is 0.933 bits per heavy atom. The van der Waals surface area contributed by atoms with Gasteiger partial charge >= 0.3 is 0 Å². The van der Waals surface area contributed by atoms with Crippen LogP contribution in [0, 0.1) is 0 Å². The van der Waals surface area contributed by atoms with Crippen molar-refractivity contribution in [3.05, 3.63) is 71.2 Å². The molecule has 7 heteroatoms. The lowest BCUT2D eigenvalue weighted by Gasteiger charge is -2.36. The number of piperazine rings is 1. The zero-order valence-corrected chi connectivity index (χ0v) is 19.2. The van der Waals surface area contributed by atoms with E-state index in [0.717, 1.165) is 54.9 Å². The molecule has 1 heterocycles. The third-order valence-electron chi connectivity index (χ3n) is 5.40. The Kier molecular flexibility index (Phi) is 8.80. The number of amides is 1. The van der Waals surface area contributed by atoms with E-state index in [4.69, 9.17) is 11.6 Å². The summed E-state index contributed by atoms with van der Waals surface area (Å²) in [5.74, 6) is -0.118. The first-order valence-electron chi connectivity index (χ1n) is 9.72. The molecule has 0 spiro atoms. The fourth-order valence-electron chi connectivity index (χ4n) is 3.84. The zero-order chi connectivity index (χ0) is 19.5. The second-order valence-electron chi connectivity index (χ2n) is 7.04. The van der Waals surface area contributed by atoms with Crippen LogP contribution >= 0.6 is 36.4 Å². The molecule has 3 aromatic rings. The molecule has 0 radical (unpaired) electrons. The summed E-state index contributed by atoms with van der Waals surface area (Å²) in [6, 6.07) is 19.4. The van der Waals surface area contributed by atoms with Gasteiger partial charge in [0.25, 0.3) is 5.91 Å². The van der Waals surface area contributed by atoms with E-state index in [0.29, 0.717) is 10.6 Å². The number of fused-ring (bicyclic) bond motifs is 1. The van der Waals surface area contributed by atoms with Crippen LogP contribution in [0.2, 0.25) is 5.02 Å². The molecule has 1 aliphatic rings. The fourth-order valence-corrected chi connectivity index (χ4v) is 4.13. The molecule has 1 N–H and O–H groups in total. The Balaban J connectivity index is 0.00000160. The molecule has 4 rings (SSSR count). The number of carbonyl (C=O) groups excluding carboxylic acids is 1. The average molecular weight is 467 g/mol. The lowest BCUT2D eigenvalue weighted by atomic mass is 10.0. The molecule has 3 aromatic carbocycles. The van der Waals surface area contributed by atoms with Gasteiger partial charge in [0.05, 0.1) is 16.4 Å². The summed E-state index contributed by atoms with van der Waals surface area (Å²) in [5, 5.41) is 5.77.